The van der Waals surface area contributed by atoms with Crippen molar-refractivity contribution in [3.63, 3.8) is 0 Å². The molecule has 84 valence electrons. The molecule has 2 fully saturated rings. The third-order valence-corrected chi connectivity index (χ3v) is 4.16. The van der Waals surface area contributed by atoms with Gasteiger partial charge in [-0.1, -0.05) is 6.42 Å². The molecule has 0 aromatic carbocycles. The molecule has 1 aliphatic carbocycles. The van der Waals surface area contributed by atoms with Crippen LogP contribution < -0.4 is 0 Å². The van der Waals surface area contributed by atoms with Gasteiger partial charge in [0.05, 0.1) is 11.5 Å². The Morgan fingerprint density at radius 3 is 2.40 bits per heavy atom. The fourth-order valence-electron chi connectivity index (χ4n) is 3.01. The predicted octanol–water partition coefficient (Wildman–Crippen LogP) is 2.66. The first kappa shape index (κ1) is 11.0. The van der Waals surface area contributed by atoms with Crippen molar-refractivity contribution in [2.45, 2.75) is 39.5 Å². The second-order valence-corrected chi connectivity index (χ2v) is 5.96. The van der Waals surface area contributed by atoms with Crippen molar-refractivity contribution >= 4 is 0 Å². The first-order chi connectivity index (χ1) is 7.11. The summed E-state index contributed by atoms with van der Waals surface area (Å²) in [6.45, 7) is 7.81. The van der Waals surface area contributed by atoms with E-state index in [1.54, 1.807) is 0 Å². The summed E-state index contributed by atoms with van der Waals surface area (Å²) in [4.78, 5) is 2.58. The van der Waals surface area contributed by atoms with Crippen molar-refractivity contribution in [3.8, 4) is 6.07 Å². The third kappa shape index (κ3) is 2.52. The Morgan fingerprint density at radius 2 is 1.87 bits per heavy atom. The van der Waals surface area contributed by atoms with Gasteiger partial charge in [-0.2, -0.15) is 5.26 Å². The highest BCUT2D eigenvalue weighted by Gasteiger charge is 2.36. The summed E-state index contributed by atoms with van der Waals surface area (Å²) in [6, 6.07) is 2.39. The molecule has 0 radical (unpaired) electrons. The summed E-state index contributed by atoms with van der Waals surface area (Å²) in [6.07, 6.45) is 5.36. The molecule has 2 aliphatic rings. The maximum absolute atomic E-state index is 8.96. The molecule has 0 spiro atoms. The van der Waals surface area contributed by atoms with Gasteiger partial charge in [-0.05, 0) is 51.5 Å². The predicted molar refractivity (Wildman–Crippen MR) is 61.3 cm³/mol. The standard InChI is InChI=1S/C13H22N2/c1-13(2,10-14)6-7-15-8-11-4-3-5-12(11)9-15/h11-12H,3-9H2,1-2H3. The quantitative estimate of drug-likeness (QED) is 0.710. The van der Waals surface area contributed by atoms with Crippen LogP contribution in [0.15, 0.2) is 0 Å². The molecule has 0 aromatic rings. The molecule has 2 heteroatoms. The minimum Gasteiger partial charge on any atom is -0.303 e. The van der Waals surface area contributed by atoms with Crippen LogP contribution in [-0.4, -0.2) is 24.5 Å². The Bertz CT molecular complexity index is 252. The third-order valence-electron chi connectivity index (χ3n) is 4.16. The molecule has 0 bridgehead atoms. The van der Waals surface area contributed by atoms with Crippen molar-refractivity contribution < 1.29 is 0 Å². The first-order valence-corrected chi connectivity index (χ1v) is 6.24. The Hall–Kier alpha value is -0.550. The van der Waals surface area contributed by atoms with E-state index in [1.165, 1.54) is 32.4 Å². The van der Waals surface area contributed by atoms with Gasteiger partial charge in [-0.15, -0.1) is 0 Å². The van der Waals surface area contributed by atoms with Gasteiger partial charge in [-0.25, -0.2) is 0 Å². The minimum atomic E-state index is -0.141. The van der Waals surface area contributed by atoms with E-state index in [1.807, 2.05) is 13.8 Å². The fraction of sp³-hybridized carbons (Fsp3) is 0.923. The van der Waals surface area contributed by atoms with Crippen LogP contribution in [0.2, 0.25) is 0 Å². The van der Waals surface area contributed by atoms with Gasteiger partial charge in [-0.3, -0.25) is 0 Å². The van der Waals surface area contributed by atoms with Gasteiger partial charge in [0.2, 0.25) is 0 Å². The molecule has 0 N–H and O–H groups in total. The lowest BCUT2D eigenvalue weighted by molar-refractivity contribution is 0.270. The molecule has 0 aromatic heterocycles. The molecule has 0 amide bonds. The van der Waals surface area contributed by atoms with Gasteiger partial charge in [0, 0.05) is 13.1 Å². The average molecular weight is 206 g/mol. The SMILES string of the molecule is CC(C)(C#N)CCN1CC2CCCC2C1. The second-order valence-electron chi connectivity index (χ2n) is 5.96. The summed E-state index contributed by atoms with van der Waals surface area (Å²) in [7, 11) is 0. The summed E-state index contributed by atoms with van der Waals surface area (Å²) in [5, 5.41) is 8.96. The molecule has 1 aliphatic heterocycles. The number of nitriles is 1. The smallest absolute Gasteiger partial charge is 0.0684 e. The molecule has 2 atom stereocenters. The maximum Gasteiger partial charge on any atom is 0.0684 e. The van der Waals surface area contributed by atoms with Gasteiger partial charge in [0.1, 0.15) is 0 Å². The van der Waals surface area contributed by atoms with Crippen molar-refractivity contribution in [1.29, 1.82) is 5.26 Å². The zero-order chi connectivity index (χ0) is 10.9. The van der Waals surface area contributed by atoms with Crippen molar-refractivity contribution in [1.82, 2.24) is 4.90 Å². The van der Waals surface area contributed by atoms with Crippen LogP contribution in [0.5, 0.6) is 0 Å². The van der Waals surface area contributed by atoms with Crippen LogP contribution >= 0.6 is 0 Å². The largest absolute Gasteiger partial charge is 0.303 e. The summed E-state index contributed by atoms with van der Waals surface area (Å²) >= 11 is 0. The Labute approximate surface area is 93.3 Å². The minimum absolute atomic E-state index is 0.141. The lowest BCUT2D eigenvalue weighted by Gasteiger charge is -2.21. The number of hydrogen-bond acceptors (Lipinski definition) is 2. The molecule has 2 nitrogen and oxygen atoms in total. The monoisotopic (exact) mass is 206 g/mol. The van der Waals surface area contributed by atoms with E-state index in [-0.39, 0.29) is 5.41 Å². The van der Waals surface area contributed by atoms with E-state index >= 15 is 0 Å². The maximum atomic E-state index is 8.96. The Balaban J connectivity index is 1.76. The Kier molecular flexibility index (Phi) is 3.02. The number of hydrogen-bond donors (Lipinski definition) is 0. The summed E-state index contributed by atoms with van der Waals surface area (Å²) in [5.41, 5.74) is -0.141. The molecular formula is C13H22N2. The number of nitrogens with zero attached hydrogens (tertiary/aromatic N) is 2. The molecule has 1 saturated carbocycles. The van der Waals surface area contributed by atoms with Crippen LogP contribution in [-0.2, 0) is 0 Å². The molecule has 15 heavy (non-hydrogen) atoms. The van der Waals surface area contributed by atoms with E-state index in [4.69, 9.17) is 5.26 Å². The lowest BCUT2D eigenvalue weighted by atomic mass is 9.91. The van der Waals surface area contributed by atoms with Gasteiger partial charge < -0.3 is 4.90 Å². The van der Waals surface area contributed by atoms with Crippen molar-refractivity contribution in [2.24, 2.45) is 17.3 Å². The molecule has 2 rings (SSSR count). The van der Waals surface area contributed by atoms with E-state index in [0.29, 0.717) is 0 Å². The second kappa shape index (κ2) is 4.14. The van der Waals surface area contributed by atoms with Gasteiger partial charge in [0.15, 0.2) is 0 Å². The first-order valence-electron chi connectivity index (χ1n) is 6.24. The lowest BCUT2D eigenvalue weighted by Crippen LogP contribution is -2.26. The van der Waals surface area contributed by atoms with E-state index in [0.717, 1.165) is 24.8 Å². The molecular weight excluding hydrogens is 184 g/mol. The van der Waals surface area contributed by atoms with Crippen LogP contribution in [0, 0.1) is 28.6 Å². The van der Waals surface area contributed by atoms with E-state index in [9.17, 15) is 0 Å². The molecule has 2 unspecified atom stereocenters. The van der Waals surface area contributed by atoms with Crippen molar-refractivity contribution in [3.05, 3.63) is 0 Å². The number of likely N-dealkylation sites (tertiary alicyclic amines) is 1. The van der Waals surface area contributed by atoms with Gasteiger partial charge >= 0.3 is 0 Å². The van der Waals surface area contributed by atoms with Crippen molar-refractivity contribution in [2.75, 3.05) is 19.6 Å². The molecule has 1 heterocycles. The summed E-state index contributed by atoms with van der Waals surface area (Å²) in [5.74, 6) is 1.96. The highest BCUT2D eigenvalue weighted by Crippen LogP contribution is 2.38. The van der Waals surface area contributed by atoms with E-state index < -0.39 is 0 Å². The normalized spacial score (nSPS) is 31.5. The van der Waals surface area contributed by atoms with Crippen LogP contribution in [0.3, 0.4) is 0 Å². The topological polar surface area (TPSA) is 27.0 Å². The van der Waals surface area contributed by atoms with Gasteiger partial charge in [0.25, 0.3) is 0 Å². The highest BCUT2D eigenvalue weighted by atomic mass is 15.2. The molecule has 1 saturated heterocycles. The Morgan fingerprint density at radius 1 is 1.27 bits per heavy atom. The summed E-state index contributed by atoms with van der Waals surface area (Å²) < 4.78 is 0. The fourth-order valence-corrected chi connectivity index (χ4v) is 3.01. The number of fused-ring (bicyclic) bond motifs is 1. The van der Waals surface area contributed by atoms with E-state index in [2.05, 4.69) is 11.0 Å². The van der Waals surface area contributed by atoms with Crippen LogP contribution in [0.4, 0.5) is 0 Å². The van der Waals surface area contributed by atoms with Crippen LogP contribution in [0.25, 0.3) is 0 Å². The number of rotatable bonds is 3. The zero-order valence-corrected chi connectivity index (χ0v) is 10.00. The average Bonchev–Trinajstić information content (AvgIpc) is 2.74. The zero-order valence-electron chi connectivity index (χ0n) is 10.00. The van der Waals surface area contributed by atoms with Crippen LogP contribution in [0.1, 0.15) is 39.5 Å². The highest BCUT2D eigenvalue weighted by molar-refractivity contribution is 4.94.